The van der Waals surface area contributed by atoms with Gasteiger partial charge in [-0.1, -0.05) is 18.2 Å². The molecule has 1 aromatic carbocycles. The monoisotopic (exact) mass is 211 g/mol. The van der Waals surface area contributed by atoms with E-state index in [0.29, 0.717) is 16.5 Å². The van der Waals surface area contributed by atoms with E-state index < -0.39 is 0 Å². The zero-order chi connectivity index (χ0) is 11.0. The van der Waals surface area contributed by atoms with Crippen LogP contribution in [0.1, 0.15) is 0 Å². The van der Waals surface area contributed by atoms with Crippen LogP contribution in [0.25, 0.3) is 16.7 Å². The third-order valence-corrected chi connectivity index (χ3v) is 2.44. The van der Waals surface area contributed by atoms with Crippen LogP contribution in [0.4, 0.5) is 0 Å². The van der Waals surface area contributed by atoms with Gasteiger partial charge < -0.3 is 0 Å². The molecule has 3 aromatic rings. The summed E-state index contributed by atoms with van der Waals surface area (Å²) in [6.45, 7) is 0. The Morgan fingerprint density at radius 1 is 1.19 bits per heavy atom. The quantitative estimate of drug-likeness (QED) is 0.635. The molecule has 3 rings (SSSR count). The summed E-state index contributed by atoms with van der Waals surface area (Å²) in [4.78, 5) is 4.23. The maximum atomic E-state index is 8.05. The molecule has 0 unspecified atom stereocenters. The summed E-state index contributed by atoms with van der Waals surface area (Å²) < 4.78 is 1.71. The molecule has 5 nitrogen and oxygen atoms in total. The van der Waals surface area contributed by atoms with Crippen LogP contribution in [-0.2, 0) is 0 Å². The van der Waals surface area contributed by atoms with Crippen molar-refractivity contribution in [2.45, 2.75) is 0 Å². The van der Waals surface area contributed by atoms with Gasteiger partial charge in [0.25, 0.3) is 0 Å². The van der Waals surface area contributed by atoms with Crippen molar-refractivity contribution < 1.29 is 0 Å². The van der Waals surface area contributed by atoms with Gasteiger partial charge in [0.2, 0.25) is 0 Å². The van der Waals surface area contributed by atoms with E-state index in [0.717, 1.165) is 5.69 Å². The number of para-hydroxylation sites is 1. The molecule has 0 aliphatic rings. The molecule has 0 radical (unpaired) electrons. The number of aromatic amines is 1. The first-order valence-electron chi connectivity index (χ1n) is 4.87. The number of aromatic nitrogens is 4. The Morgan fingerprint density at radius 3 is 2.81 bits per heavy atom. The topological polar surface area (TPSA) is 70.3 Å². The predicted octanol–water partition coefficient (Wildman–Crippen LogP) is 1.23. The number of rotatable bonds is 1. The zero-order valence-corrected chi connectivity index (χ0v) is 8.38. The maximum Gasteiger partial charge on any atom is 0.158 e. The van der Waals surface area contributed by atoms with Crippen LogP contribution in [0.15, 0.2) is 42.9 Å². The van der Waals surface area contributed by atoms with Gasteiger partial charge in [0.1, 0.15) is 17.4 Å². The molecule has 0 atom stereocenters. The van der Waals surface area contributed by atoms with Crippen LogP contribution in [-0.4, -0.2) is 19.7 Å². The molecule has 0 spiro atoms. The van der Waals surface area contributed by atoms with Crippen molar-refractivity contribution in [1.29, 1.82) is 5.41 Å². The third-order valence-electron chi connectivity index (χ3n) is 2.44. The second-order valence-corrected chi connectivity index (χ2v) is 3.43. The fourth-order valence-corrected chi connectivity index (χ4v) is 1.63. The Morgan fingerprint density at radius 2 is 2.00 bits per heavy atom. The molecule has 2 N–H and O–H groups in total. The lowest BCUT2D eigenvalue weighted by molar-refractivity contribution is 0.903. The summed E-state index contributed by atoms with van der Waals surface area (Å²) >= 11 is 0. The molecule has 2 heterocycles. The van der Waals surface area contributed by atoms with Gasteiger partial charge >= 0.3 is 0 Å². The smallest absolute Gasteiger partial charge is 0.158 e. The van der Waals surface area contributed by atoms with E-state index in [-0.39, 0.29) is 0 Å². The highest BCUT2D eigenvalue weighted by Crippen LogP contribution is 2.05. The molecule has 0 saturated heterocycles. The minimum Gasteiger partial charge on any atom is -0.284 e. The van der Waals surface area contributed by atoms with Crippen molar-refractivity contribution in [3.63, 3.8) is 0 Å². The fourth-order valence-electron chi connectivity index (χ4n) is 1.63. The summed E-state index contributed by atoms with van der Waals surface area (Å²) in [6, 6.07) is 9.66. The Bertz CT molecular complexity index is 680. The number of hydrogen-bond acceptors (Lipinski definition) is 3. The molecule has 16 heavy (non-hydrogen) atoms. The number of fused-ring (bicyclic) bond motifs is 1. The number of nitrogens with zero attached hydrogens (tertiary/aromatic N) is 3. The number of hydrogen-bond donors (Lipinski definition) is 2. The molecule has 0 amide bonds. The summed E-state index contributed by atoms with van der Waals surface area (Å²) in [5.74, 6) is 0. The lowest BCUT2D eigenvalue weighted by Gasteiger charge is -2.05. The van der Waals surface area contributed by atoms with E-state index in [1.807, 2.05) is 30.3 Å². The van der Waals surface area contributed by atoms with Gasteiger partial charge in [-0.2, -0.15) is 5.10 Å². The molecule has 0 aliphatic carbocycles. The molecule has 0 fully saturated rings. The normalized spacial score (nSPS) is 10.8. The van der Waals surface area contributed by atoms with Gasteiger partial charge in [0.15, 0.2) is 5.49 Å². The molecular weight excluding hydrogens is 202 g/mol. The predicted molar refractivity (Wildman–Crippen MR) is 59.1 cm³/mol. The molecular formula is C11H9N5. The summed E-state index contributed by atoms with van der Waals surface area (Å²) in [7, 11) is 0. The van der Waals surface area contributed by atoms with E-state index >= 15 is 0 Å². The van der Waals surface area contributed by atoms with Gasteiger partial charge in [-0.25, -0.2) is 4.98 Å². The molecule has 0 saturated carbocycles. The van der Waals surface area contributed by atoms with Crippen LogP contribution in [0.5, 0.6) is 0 Å². The van der Waals surface area contributed by atoms with Gasteiger partial charge in [-0.3, -0.25) is 15.1 Å². The van der Waals surface area contributed by atoms with E-state index in [9.17, 15) is 0 Å². The van der Waals surface area contributed by atoms with Gasteiger partial charge in [0.05, 0.1) is 6.20 Å². The maximum absolute atomic E-state index is 8.05. The number of nitrogens with one attached hydrogen (secondary N) is 2. The lowest BCUT2D eigenvalue weighted by atomic mass is 10.3. The Balaban J connectivity index is 2.33. The number of benzene rings is 1. The minimum atomic E-state index is 0.355. The lowest BCUT2D eigenvalue weighted by Crippen LogP contribution is -2.18. The molecule has 5 heteroatoms. The number of H-pyrrole nitrogens is 1. The highest BCUT2D eigenvalue weighted by molar-refractivity contribution is 5.71. The Hall–Kier alpha value is -2.43. The first-order valence-corrected chi connectivity index (χ1v) is 4.87. The van der Waals surface area contributed by atoms with E-state index in [1.54, 1.807) is 17.1 Å². The van der Waals surface area contributed by atoms with Crippen molar-refractivity contribution in [3.8, 4) is 5.69 Å². The van der Waals surface area contributed by atoms with E-state index in [2.05, 4.69) is 15.2 Å². The second kappa shape index (κ2) is 3.30. The third kappa shape index (κ3) is 1.22. The first kappa shape index (κ1) is 8.84. The summed E-state index contributed by atoms with van der Waals surface area (Å²) in [5.41, 5.74) is 2.62. The molecule has 0 aliphatic heterocycles. The van der Waals surface area contributed by atoms with Crippen molar-refractivity contribution in [3.05, 3.63) is 48.3 Å². The SMILES string of the molecule is N=c1c2[nH]ncc2ncn1-c1ccccc1. The molecule has 78 valence electrons. The average molecular weight is 211 g/mol. The van der Waals surface area contributed by atoms with Crippen LogP contribution in [0, 0.1) is 5.41 Å². The highest BCUT2D eigenvalue weighted by atomic mass is 15.1. The average Bonchev–Trinajstić information content (AvgIpc) is 2.80. The van der Waals surface area contributed by atoms with Crippen molar-refractivity contribution in [2.24, 2.45) is 0 Å². The standard InChI is InChI=1S/C11H9N5/c12-11-10-9(6-14-15-10)13-7-16(11)8-4-2-1-3-5-8/h1-7,12H,(H,14,15). The largest absolute Gasteiger partial charge is 0.284 e. The zero-order valence-electron chi connectivity index (χ0n) is 8.38. The summed E-state index contributed by atoms with van der Waals surface area (Å²) in [6.07, 6.45) is 3.25. The van der Waals surface area contributed by atoms with Crippen LogP contribution in [0.2, 0.25) is 0 Å². The van der Waals surface area contributed by atoms with Gasteiger partial charge in [-0.15, -0.1) is 0 Å². The van der Waals surface area contributed by atoms with Crippen molar-refractivity contribution in [1.82, 2.24) is 19.7 Å². The first-order chi connectivity index (χ1) is 7.86. The van der Waals surface area contributed by atoms with Gasteiger partial charge in [-0.05, 0) is 12.1 Å². The van der Waals surface area contributed by atoms with Crippen LogP contribution in [0.3, 0.4) is 0 Å². The minimum absolute atomic E-state index is 0.355. The van der Waals surface area contributed by atoms with Crippen molar-refractivity contribution >= 4 is 11.0 Å². The molecule has 0 bridgehead atoms. The van der Waals surface area contributed by atoms with Crippen molar-refractivity contribution in [2.75, 3.05) is 0 Å². The van der Waals surface area contributed by atoms with Gasteiger partial charge in [0, 0.05) is 5.69 Å². The Labute approximate surface area is 90.9 Å². The Kier molecular flexibility index (Phi) is 1.83. The molecule has 2 aromatic heterocycles. The van der Waals surface area contributed by atoms with E-state index in [1.165, 1.54) is 0 Å². The van der Waals surface area contributed by atoms with E-state index in [4.69, 9.17) is 5.41 Å². The van der Waals surface area contributed by atoms with Crippen LogP contribution < -0.4 is 5.49 Å². The summed E-state index contributed by atoms with van der Waals surface area (Å²) in [5, 5.41) is 14.7. The fraction of sp³-hybridized carbons (Fsp3) is 0. The second-order valence-electron chi connectivity index (χ2n) is 3.43. The van der Waals surface area contributed by atoms with Crippen LogP contribution >= 0.6 is 0 Å². The highest BCUT2D eigenvalue weighted by Gasteiger charge is 2.03.